The summed E-state index contributed by atoms with van der Waals surface area (Å²) in [6, 6.07) is 15.9. The third-order valence-electron chi connectivity index (χ3n) is 4.85. The van der Waals surface area contributed by atoms with Crippen LogP contribution < -0.4 is 20.1 Å². The van der Waals surface area contributed by atoms with Crippen LogP contribution >= 0.6 is 0 Å². The van der Waals surface area contributed by atoms with E-state index in [1.54, 1.807) is 21.3 Å². The number of ether oxygens (including phenoxy) is 3. The first kappa shape index (κ1) is 18.5. The number of aromatic amines is 2. The number of hydrogen-bond acceptors (Lipinski definition) is 5. The molecule has 0 aliphatic rings. The quantitative estimate of drug-likeness (QED) is 0.264. The van der Waals surface area contributed by atoms with Crippen LogP contribution in [-0.4, -0.2) is 37.0 Å². The average Bonchev–Trinajstić information content (AvgIpc) is 3.40. The zero-order valence-corrected chi connectivity index (χ0v) is 16.4. The lowest BCUT2D eigenvalue weighted by molar-refractivity contribution is 0.324. The molecule has 2 heterocycles. The molecule has 0 unspecified atom stereocenters. The molecule has 2 aromatic carbocycles. The van der Waals surface area contributed by atoms with Gasteiger partial charge >= 0.3 is 0 Å². The zero-order chi connectivity index (χ0) is 20.4. The van der Waals surface area contributed by atoms with E-state index < -0.39 is 0 Å². The number of para-hydroxylation sites is 1. The van der Waals surface area contributed by atoms with Crippen molar-refractivity contribution in [3.63, 3.8) is 0 Å². The van der Waals surface area contributed by atoms with Gasteiger partial charge in [0.05, 0.1) is 27.0 Å². The van der Waals surface area contributed by atoms with Crippen LogP contribution in [0.1, 0.15) is 11.3 Å². The summed E-state index contributed by atoms with van der Waals surface area (Å²) in [5.74, 6) is 7.33. The number of rotatable bonds is 6. The maximum Gasteiger partial charge on any atom is 0.203 e. The Morgan fingerprint density at radius 2 is 1.66 bits per heavy atom. The van der Waals surface area contributed by atoms with E-state index in [0.717, 1.165) is 33.4 Å². The average molecular weight is 390 g/mol. The number of hydrogen-bond donors (Lipinski definition) is 3. The van der Waals surface area contributed by atoms with Gasteiger partial charge in [-0.25, -0.2) is 0 Å². The number of nitrogens with one attached hydrogen (secondary N) is 2. The van der Waals surface area contributed by atoms with Crippen molar-refractivity contribution in [2.75, 3.05) is 21.3 Å². The maximum atomic E-state index is 5.75. The number of nitrogens with two attached hydrogens (primary N) is 1. The van der Waals surface area contributed by atoms with Gasteiger partial charge in [-0.3, -0.25) is 0 Å². The Labute approximate surface area is 168 Å². The molecule has 0 bridgehead atoms. The highest BCUT2D eigenvalue weighted by molar-refractivity contribution is 6.12. The monoisotopic (exact) mass is 390 g/mol. The number of benzene rings is 2. The second-order valence-electron chi connectivity index (χ2n) is 6.46. The van der Waals surface area contributed by atoms with Crippen molar-refractivity contribution in [1.82, 2.24) is 9.97 Å². The van der Waals surface area contributed by atoms with E-state index in [1.807, 2.05) is 36.5 Å². The Hall–Kier alpha value is -3.87. The molecule has 0 radical (unpaired) electrons. The van der Waals surface area contributed by atoms with Crippen molar-refractivity contribution >= 4 is 16.6 Å². The number of H-pyrrole nitrogens is 2. The van der Waals surface area contributed by atoms with Gasteiger partial charge < -0.3 is 30.0 Å². The number of methoxy groups -OCH3 is 3. The van der Waals surface area contributed by atoms with Gasteiger partial charge in [0, 0.05) is 33.9 Å². The minimum atomic E-state index is 0.514. The minimum absolute atomic E-state index is 0.514. The van der Waals surface area contributed by atoms with Gasteiger partial charge in [-0.1, -0.05) is 18.2 Å². The van der Waals surface area contributed by atoms with Crippen LogP contribution in [0, 0.1) is 0 Å². The molecule has 0 aliphatic carbocycles. The van der Waals surface area contributed by atoms with E-state index in [4.69, 9.17) is 20.1 Å². The van der Waals surface area contributed by atoms with E-state index in [0.29, 0.717) is 23.0 Å². The molecule has 0 aliphatic heterocycles. The molecule has 29 heavy (non-hydrogen) atoms. The summed E-state index contributed by atoms with van der Waals surface area (Å²) >= 11 is 0. The molecule has 7 nitrogen and oxygen atoms in total. The van der Waals surface area contributed by atoms with Crippen LogP contribution in [0.3, 0.4) is 0 Å². The lowest BCUT2D eigenvalue weighted by atomic mass is 10.1. The second kappa shape index (κ2) is 7.63. The Morgan fingerprint density at radius 1 is 0.931 bits per heavy atom. The Morgan fingerprint density at radius 3 is 2.28 bits per heavy atom. The van der Waals surface area contributed by atoms with E-state index in [-0.39, 0.29) is 0 Å². The van der Waals surface area contributed by atoms with Gasteiger partial charge in [-0.15, -0.1) is 0 Å². The fourth-order valence-electron chi connectivity index (χ4n) is 3.43. The number of hydrazone groups is 1. The largest absolute Gasteiger partial charge is 0.493 e. The summed E-state index contributed by atoms with van der Waals surface area (Å²) in [4.78, 5) is 6.68. The maximum absolute atomic E-state index is 5.75. The van der Waals surface area contributed by atoms with Crippen LogP contribution in [0.4, 0.5) is 0 Å². The highest BCUT2D eigenvalue weighted by Gasteiger charge is 2.18. The van der Waals surface area contributed by atoms with Crippen LogP contribution in [0.15, 0.2) is 59.8 Å². The van der Waals surface area contributed by atoms with Gasteiger partial charge in [0.1, 0.15) is 5.71 Å². The van der Waals surface area contributed by atoms with E-state index >= 15 is 0 Å². The lowest BCUT2D eigenvalue weighted by Gasteiger charge is -2.14. The molecule has 0 fully saturated rings. The minimum Gasteiger partial charge on any atom is -0.493 e. The molecule has 0 atom stereocenters. The van der Waals surface area contributed by atoms with Gasteiger partial charge in [0.15, 0.2) is 11.5 Å². The molecule has 7 heteroatoms. The zero-order valence-electron chi connectivity index (χ0n) is 16.4. The molecular formula is C22H22N4O3. The first-order chi connectivity index (χ1) is 14.2. The lowest BCUT2D eigenvalue weighted by Crippen LogP contribution is -2.08. The normalized spacial score (nSPS) is 11.6. The van der Waals surface area contributed by atoms with Gasteiger partial charge in [-0.05, 0) is 30.3 Å². The van der Waals surface area contributed by atoms with Crippen molar-refractivity contribution in [2.45, 2.75) is 0 Å². The summed E-state index contributed by atoms with van der Waals surface area (Å²) in [7, 11) is 4.71. The van der Waals surface area contributed by atoms with E-state index in [1.165, 1.54) is 0 Å². The molecule has 2 aromatic heterocycles. The van der Waals surface area contributed by atoms with Crippen molar-refractivity contribution in [3.8, 4) is 28.5 Å². The third kappa shape index (κ3) is 3.27. The fourth-order valence-corrected chi connectivity index (χ4v) is 3.43. The predicted octanol–water partition coefficient (Wildman–Crippen LogP) is 3.90. The molecule has 4 aromatic rings. The molecular weight excluding hydrogens is 368 g/mol. The SMILES string of the molecule is COc1cc(C(=NN)c2cc(-c3cc4ccccc4[nH]3)c[nH]2)cc(OC)c1OC. The van der Waals surface area contributed by atoms with E-state index in [9.17, 15) is 0 Å². The molecule has 4 N–H and O–H groups in total. The van der Waals surface area contributed by atoms with Gasteiger partial charge in [-0.2, -0.15) is 5.10 Å². The summed E-state index contributed by atoms with van der Waals surface area (Å²) in [6.45, 7) is 0. The summed E-state index contributed by atoms with van der Waals surface area (Å²) in [5.41, 5.74) is 5.19. The number of aromatic nitrogens is 2. The van der Waals surface area contributed by atoms with Crippen LogP contribution in [0.5, 0.6) is 17.2 Å². The van der Waals surface area contributed by atoms with Gasteiger partial charge in [0.25, 0.3) is 0 Å². The molecule has 0 saturated carbocycles. The second-order valence-corrected chi connectivity index (χ2v) is 6.46. The molecule has 148 valence electrons. The third-order valence-corrected chi connectivity index (χ3v) is 4.85. The van der Waals surface area contributed by atoms with E-state index in [2.05, 4.69) is 33.3 Å². The molecule has 4 rings (SSSR count). The van der Waals surface area contributed by atoms with Crippen molar-refractivity contribution < 1.29 is 14.2 Å². The summed E-state index contributed by atoms with van der Waals surface area (Å²) in [6.07, 6.45) is 1.92. The first-order valence-electron chi connectivity index (χ1n) is 9.03. The molecule has 0 spiro atoms. The van der Waals surface area contributed by atoms with Gasteiger partial charge in [0.2, 0.25) is 5.75 Å². The number of nitrogens with zero attached hydrogens (tertiary/aromatic N) is 1. The predicted molar refractivity (Wildman–Crippen MR) is 114 cm³/mol. The smallest absolute Gasteiger partial charge is 0.203 e. The molecule has 0 saturated heterocycles. The van der Waals surface area contributed by atoms with Crippen LogP contribution in [0.2, 0.25) is 0 Å². The Kier molecular flexibility index (Phi) is 4.87. The van der Waals surface area contributed by atoms with Crippen LogP contribution in [0.25, 0.3) is 22.2 Å². The molecule has 0 amide bonds. The Balaban J connectivity index is 1.74. The first-order valence-corrected chi connectivity index (χ1v) is 9.03. The topological polar surface area (TPSA) is 97.7 Å². The standard InChI is InChI=1S/C22H22N4O3/c1-27-19-10-14(11-20(28-2)22(19)29-3)21(26-23)18-9-15(12-24-18)17-8-13-6-4-5-7-16(13)25-17/h4-12,24-25H,23H2,1-3H3. The Bertz CT molecular complexity index is 1130. The van der Waals surface area contributed by atoms with Crippen molar-refractivity contribution in [3.05, 3.63) is 66.0 Å². The number of fused-ring (bicyclic) bond motifs is 1. The van der Waals surface area contributed by atoms with Crippen molar-refractivity contribution in [2.24, 2.45) is 10.9 Å². The highest BCUT2D eigenvalue weighted by atomic mass is 16.5. The fraction of sp³-hybridized carbons (Fsp3) is 0.136. The highest BCUT2D eigenvalue weighted by Crippen LogP contribution is 2.39. The van der Waals surface area contributed by atoms with Crippen LogP contribution in [-0.2, 0) is 0 Å². The summed E-state index contributed by atoms with van der Waals surface area (Å²) < 4.78 is 16.3. The summed E-state index contributed by atoms with van der Waals surface area (Å²) in [5, 5.41) is 5.16. The van der Waals surface area contributed by atoms with Crippen molar-refractivity contribution in [1.29, 1.82) is 0 Å².